The van der Waals surface area contributed by atoms with Crippen LogP contribution in [0.3, 0.4) is 0 Å². The molecule has 0 saturated carbocycles. The monoisotopic (exact) mass is 368 g/mol. The molecule has 0 aliphatic carbocycles. The first kappa shape index (κ1) is 19.7. The molecule has 0 N–H and O–H groups in total. The fraction of sp³-hybridized carbons (Fsp3) is 0.217. The van der Waals surface area contributed by atoms with Gasteiger partial charge < -0.3 is 12.4 Å². The number of hydrogen-bond acceptors (Lipinski definition) is 0. The zero-order valence-corrected chi connectivity index (χ0v) is 16.8. The van der Waals surface area contributed by atoms with E-state index in [0.717, 1.165) is 6.16 Å². The topological polar surface area (TPSA) is 0 Å². The molecule has 25 heavy (non-hydrogen) atoms. The van der Waals surface area contributed by atoms with Gasteiger partial charge in [-0.3, -0.25) is 0 Å². The third-order valence-electron chi connectivity index (χ3n) is 4.30. The summed E-state index contributed by atoms with van der Waals surface area (Å²) in [5, 5.41) is 4.41. The molecule has 0 atom stereocenters. The van der Waals surface area contributed by atoms with Crippen molar-refractivity contribution in [2.75, 3.05) is 6.16 Å². The van der Waals surface area contributed by atoms with E-state index in [2.05, 4.69) is 112 Å². The lowest BCUT2D eigenvalue weighted by atomic mass is 10.0. The minimum Gasteiger partial charge on any atom is -1.00 e. The van der Waals surface area contributed by atoms with Crippen LogP contribution in [-0.4, -0.2) is 6.16 Å². The summed E-state index contributed by atoms with van der Waals surface area (Å²) >= 11 is 0. The highest BCUT2D eigenvalue weighted by atomic mass is 35.5. The lowest BCUT2D eigenvalue weighted by Crippen LogP contribution is -3.00. The Labute approximate surface area is 159 Å². The average Bonchev–Trinajstić information content (AvgIpc) is 2.61. The molecule has 0 nitrogen and oxygen atoms in total. The van der Waals surface area contributed by atoms with E-state index in [4.69, 9.17) is 0 Å². The predicted molar refractivity (Wildman–Crippen MR) is 109 cm³/mol. The molecule has 0 unspecified atom stereocenters. The van der Waals surface area contributed by atoms with E-state index in [-0.39, 0.29) is 17.8 Å². The second kappa shape index (κ2) is 8.17. The molecule has 130 valence electrons. The Morgan fingerprint density at radius 2 is 0.840 bits per heavy atom. The van der Waals surface area contributed by atoms with E-state index in [9.17, 15) is 0 Å². The molecule has 0 aliphatic rings. The second-order valence-electron chi connectivity index (χ2n) is 7.54. The molecular weight excluding hydrogens is 343 g/mol. The highest BCUT2D eigenvalue weighted by molar-refractivity contribution is 7.95. The molecule has 0 heterocycles. The van der Waals surface area contributed by atoms with Crippen molar-refractivity contribution in [1.82, 2.24) is 0 Å². The zero-order valence-electron chi connectivity index (χ0n) is 15.2. The number of halogens is 1. The van der Waals surface area contributed by atoms with Crippen molar-refractivity contribution < 1.29 is 12.4 Å². The fourth-order valence-corrected chi connectivity index (χ4v) is 8.39. The van der Waals surface area contributed by atoms with Crippen molar-refractivity contribution in [2.45, 2.75) is 20.8 Å². The highest BCUT2D eigenvalue weighted by Crippen LogP contribution is 2.58. The summed E-state index contributed by atoms with van der Waals surface area (Å²) in [7, 11) is -1.67. The molecule has 0 aromatic heterocycles. The van der Waals surface area contributed by atoms with Crippen LogP contribution in [0.1, 0.15) is 20.8 Å². The first-order valence-electron chi connectivity index (χ1n) is 8.57. The third kappa shape index (κ3) is 4.32. The van der Waals surface area contributed by atoms with Crippen LogP contribution in [0.2, 0.25) is 0 Å². The Bertz CT molecular complexity index is 665. The maximum atomic E-state index is 2.36. The van der Waals surface area contributed by atoms with Gasteiger partial charge in [-0.2, -0.15) is 0 Å². The van der Waals surface area contributed by atoms with Crippen LogP contribution in [0.4, 0.5) is 0 Å². The molecule has 0 spiro atoms. The van der Waals surface area contributed by atoms with Crippen molar-refractivity contribution in [3.05, 3.63) is 91.0 Å². The van der Waals surface area contributed by atoms with Gasteiger partial charge in [0.25, 0.3) is 0 Å². The quantitative estimate of drug-likeness (QED) is 0.618. The minimum absolute atomic E-state index is 0. The Kier molecular flexibility index (Phi) is 6.44. The van der Waals surface area contributed by atoms with Gasteiger partial charge >= 0.3 is 0 Å². The molecule has 3 aromatic carbocycles. The van der Waals surface area contributed by atoms with Gasteiger partial charge in [-0.1, -0.05) is 75.4 Å². The maximum Gasteiger partial charge on any atom is 0.112 e. The van der Waals surface area contributed by atoms with Gasteiger partial charge in [-0.05, 0) is 41.8 Å². The maximum absolute atomic E-state index is 2.36. The van der Waals surface area contributed by atoms with E-state index in [0.29, 0.717) is 0 Å². The van der Waals surface area contributed by atoms with Crippen LogP contribution in [0.25, 0.3) is 0 Å². The molecular formula is C23H26ClP. The van der Waals surface area contributed by atoms with Crippen molar-refractivity contribution in [1.29, 1.82) is 0 Å². The van der Waals surface area contributed by atoms with Crippen molar-refractivity contribution in [2.24, 2.45) is 5.41 Å². The van der Waals surface area contributed by atoms with Gasteiger partial charge in [0.1, 0.15) is 23.2 Å². The highest BCUT2D eigenvalue weighted by Gasteiger charge is 2.47. The molecule has 3 aromatic rings. The second-order valence-corrected chi connectivity index (χ2v) is 11.0. The number of hydrogen-bond donors (Lipinski definition) is 0. The van der Waals surface area contributed by atoms with Crippen LogP contribution >= 0.6 is 7.26 Å². The van der Waals surface area contributed by atoms with Crippen LogP contribution in [0.15, 0.2) is 91.0 Å². The van der Waals surface area contributed by atoms with E-state index >= 15 is 0 Å². The number of rotatable bonds is 4. The summed E-state index contributed by atoms with van der Waals surface area (Å²) in [6.45, 7) is 7.07. The normalized spacial score (nSPS) is 11.6. The van der Waals surface area contributed by atoms with Gasteiger partial charge in [0.2, 0.25) is 0 Å². The average molecular weight is 369 g/mol. The molecule has 0 radical (unpaired) electrons. The first-order chi connectivity index (χ1) is 11.5. The van der Waals surface area contributed by atoms with Gasteiger partial charge in [0, 0.05) is 0 Å². The molecule has 0 amide bonds. The van der Waals surface area contributed by atoms with Crippen molar-refractivity contribution >= 4 is 23.2 Å². The molecule has 0 aliphatic heterocycles. The van der Waals surface area contributed by atoms with Crippen LogP contribution in [-0.2, 0) is 0 Å². The minimum atomic E-state index is -1.67. The summed E-state index contributed by atoms with van der Waals surface area (Å²) in [6.07, 6.45) is 1.16. The SMILES string of the molecule is CC(C)(C)C[P+](c1ccccc1)(c1ccccc1)c1ccccc1.[Cl-]. The first-order valence-corrected chi connectivity index (χ1v) is 10.5. The predicted octanol–water partition coefficient (Wildman–Crippen LogP) is 2.03. The van der Waals surface area contributed by atoms with Gasteiger partial charge in [0.05, 0.1) is 6.16 Å². The smallest absolute Gasteiger partial charge is 0.112 e. The van der Waals surface area contributed by atoms with E-state index in [1.165, 1.54) is 15.9 Å². The molecule has 0 bridgehead atoms. The zero-order chi connectivity index (χ0) is 17.0. The molecule has 3 rings (SSSR count). The molecule has 0 saturated heterocycles. The Balaban J connectivity index is 0.00000225. The summed E-state index contributed by atoms with van der Waals surface area (Å²) in [4.78, 5) is 0. The Hall–Kier alpha value is -1.62. The van der Waals surface area contributed by atoms with Gasteiger partial charge in [0.15, 0.2) is 0 Å². The molecule has 2 heteroatoms. The summed E-state index contributed by atoms with van der Waals surface area (Å²) in [5.74, 6) is 0. The van der Waals surface area contributed by atoms with Crippen molar-refractivity contribution in [3.8, 4) is 0 Å². The Morgan fingerprint density at radius 3 is 1.08 bits per heavy atom. The fourth-order valence-electron chi connectivity index (χ4n) is 3.48. The third-order valence-corrected chi connectivity index (χ3v) is 9.26. The Morgan fingerprint density at radius 1 is 0.560 bits per heavy atom. The van der Waals surface area contributed by atoms with E-state index in [1.807, 2.05) is 0 Å². The van der Waals surface area contributed by atoms with Crippen molar-refractivity contribution in [3.63, 3.8) is 0 Å². The van der Waals surface area contributed by atoms with E-state index in [1.54, 1.807) is 0 Å². The van der Waals surface area contributed by atoms with Crippen LogP contribution in [0.5, 0.6) is 0 Å². The van der Waals surface area contributed by atoms with Crippen LogP contribution in [0, 0.1) is 5.41 Å². The lowest BCUT2D eigenvalue weighted by Gasteiger charge is -2.33. The standard InChI is InChI=1S/C23H26P.ClH/c1-23(2,3)19-24(20-13-7-4-8-14-20,21-15-9-5-10-16-21)22-17-11-6-12-18-22;/h4-18H,19H2,1-3H3;1H/q+1;/p-1. The van der Waals surface area contributed by atoms with E-state index < -0.39 is 7.26 Å². The summed E-state index contributed by atoms with van der Waals surface area (Å²) in [5.41, 5.74) is 0.245. The summed E-state index contributed by atoms with van der Waals surface area (Å²) in [6, 6.07) is 33.3. The van der Waals surface area contributed by atoms with Gasteiger partial charge in [-0.25, -0.2) is 0 Å². The van der Waals surface area contributed by atoms with Crippen LogP contribution < -0.4 is 28.3 Å². The lowest BCUT2D eigenvalue weighted by molar-refractivity contribution is -0.00000544. The van der Waals surface area contributed by atoms with Gasteiger partial charge in [-0.15, -0.1) is 0 Å². The summed E-state index contributed by atoms with van der Waals surface area (Å²) < 4.78 is 0. The largest absolute Gasteiger partial charge is 1.00 e. The number of benzene rings is 3. The molecule has 0 fully saturated rings.